The summed E-state index contributed by atoms with van der Waals surface area (Å²) in [4.78, 5) is 7.11. The van der Waals surface area contributed by atoms with Gasteiger partial charge in [0.15, 0.2) is 5.96 Å². The lowest BCUT2D eigenvalue weighted by atomic mass is 9.89. The highest BCUT2D eigenvalue weighted by molar-refractivity contribution is 5.80. The Balaban J connectivity index is 1.91. The summed E-state index contributed by atoms with van der Waals surface area (Å²) in [6.45, 7) is 10.2. The first-order chi connectivity index (χ1) is 7.73. The number of guanidine groups is 1. The quantitative estimate of drug-likeness (QED) is 0.577. The predicted molar refractivity (Wildman–Crippen MR) is 65.7 cm³/mol. The minimum Gasteiger partial charge on any atom is -0.380 e. The minimum atomic E-state index is 0.278. The molecule has 0 atom stereocenters. The molecule has 0 aromatic rings. The third-order valence-electron chi connectivity index (χ3n) is 3.25. The fourth-order valence-electron chi connectivity index (χ4n) is 2.16. The Bertz CT molecular complexity index is 255. The van der Waals surface area contributed by atoms with Gasteiger partial charge >= 0.3 is 0 Å². The van der Waals surface area contributed by atoms with Crippen LogP contribution in [0.3, 0.4) is 0 Å². The fourth-order valence-corrected chi connectivity index (χ4v) is 2.16. The van der Waals surface area contributed by atoms with Gasteiger partial charge in [-0.1, -0.05) is 6.92 Å². The molecule has 2 heterocycles. The van der Waals surface area contributed by atoms with Gasteiger partial charge in [-0.2, -0.15) is 0 Å². The number of likely N-dealkylation sites (tertiary alicyclic amines) is 1. The smallest absolute Gasteiger partial charge is 0.193 e. The van der Waals surface area contributed by atoms with E-state index in [0.717, 1.165) is 45.4 Å². The molecule has 2 aliphatic heterocycles. The fraction of sp³-hybridized carbons (Fsp3) is 0.917. The van der Waals surface area contributed by atoms with Crippen LogP contribution in [0.15, 0.2) is 4.99 Å². The van der Waals surface area contributed by atoms with Gasteiger partial charge in [-0.15, -0.1) is 0 Å². The molecule has 0 saturated carbocycles. The minimum absolute atomic E-state index is 0.278. The zero-order chi connectivity index (χ0) is 11.4. The van der Waals surface area contributed by atoms with E-state index in [2.05, 4.69) is 24.1 Å². The van der Waals surface area contributed by atoms with Crippen molar-refractivity contribution in [1.29, 1.82) is 0 Å². The molecule has 0 spiro atoms. The summed E-state index contributed by atoms with van der Waals surface area (Å²) in [5, 5.41) is 3.38. The number of hydrogen-bond acceptors (Lipinski definition) is 2. The number of nitrogens with one attached hydrogen (secondary N) is 1. The normalized spacial score (nSPS) is 24.4. The standard InChI is InChI=1S/C12H23N3O/c1-3-13-11(15-6-4-5-7-15)14-8-12(2)9-16-10-12/h3-10H2,1-2H3,(H,13,14). The van der Waals surface area contributed by atoms with Crippen molar-refractivity contribution in [3.05, 3.63) is 0 Å². The van der Waals surface area contributed by atoms with Crippen LogP contribution < -0.4 is 5.32 Å². The summed E-state index contributed by atoms with van der Waals surface area (Å²) >= 11 is 0. The molecular weight excluding hydrogens is 202 g/mol. The Morgan fingerprint density at radius 2 is 2.06 bits per heavy atom. The van der Waals surface area contributed by atoms with Gasteiger partial charge < -0.3 is 15.0 Å². The number of hydrogen-bond donors (Lipinski definition) is 1. The molecule has 0 bridgehead atoms. The van der Waals surface area contributed by atoms with Gasteiger partial charge in [0.2, 0.25) is 0 Å². The van der Waals surface area contributed by atoms with Crippen molar-refractivity contribution in [2.24, 2.45) is 10.4 Å². The van der Waals surface area contributed by atoms with Crippen LogP contribution in [0.5, 0.6) is 0 Å². The van der Waals surface area contributed by atoms with Crippen molar-refractivity contribution in [3.63, 3.8) is 0 Å². The van der Waals surface area contributed by atoms with Crippen LogP contribution in [-0.2, 0) is 4.74 Å². The van der Waals surface area contributed by atoms with Crippen molar-refractivity contribution < 1.29 is 4.74 Å². The van der Waals surface area contributed by atoms with Crippen molar-refractivity contribution >= 4 is 5.96 Å². The van der Waals surface area contributed by atoms with E-state index >= 15 is 0 Å². The monoisotopic (exact) mass is 225 g/mol. The van der Waals surface area contributed by atoms with Crippen molar-refractivity contribution in [3.8, 4) is 0 Å². The topological polar surface area (TPSA) is 36.9 Å². The van der Waals surface area contributed by atoms with Crippen LogP contribution in [0.4, 0.5) is 0 Å². The van der Waals surface area contributed by atoms with Gasteiger partial charge in [0.25, 0.3) is 0 Å². The molecule has 0 unspecified atom stereocenters. The summed E-state index contributed by atoms with van der Waals surface area (Å²) in [6, 6.07) is 0. The van der Waals surface area contributed by atoms with E-state index in [1.165, 1.54) is 12.8 Å². The lowest BCUT2D eigenvalue weighted by Gasteiger charge is -2.37. The highest BCUT2D eigenvalue weighted by atomic mass is 16.5. The molecule has 4 nitrogen and oxygen atoms in total. The molecular formula is C12H23N3O. The van der Waals surface area contributed by atoms with E-state index in [4.69, 9.17) is 9.73 Å². The second kappa shape index (κ2) is 5.04. The Kier molecular flexibility index (Phi) is 3.69. The van der Waals surface area contributed by atoms with Crippen LogP contribution in [0, 0.1) is 5.41 Å². The van der Waals surface area contributed by atoms with E-state index in [1.54, 1.807) is 0 Å². The van der Waals surface area contributed by atoms with Crippen molar-refractivity contribution in [1.82, 2.24) is 10.2 Å². The second-order valence-electron chi connectivity index (χ2n) is 5.17. The van der Waals surface area contributed by atoms with Gasteiger partial charge in [0, 0.05) is 25.0 Å². The lowest BCUT2D eigenvalue weighted by molar-refractivity contribution is -0.0945. The average molecular weight is 225 g/mol. The highest BCUT2D eigenvalue weighted by Gasteiger charge is 2.33. The van der Waals surface area contributed by atoms with Gasteiger partial charge in [0.1, 0.15) is 0 Å². The average Bonchev–Trinajstić information content (AvgIpc) is 2.74. The number of ether oxygens (including phenoxy) is 1. The van der Waals surface area contributed by atoms with E-state index in [0.29, 0.717) is 0 Å². The van der Waals surface area contributed by atoms with Crippen molar-refractivity contribution in [2.45, 2.75) is 26.7 Å². The summed E-state index contributed by atoms with van der Waals surface area (Å²) in [7, 11) is 0. The summed E-state index contributed by atoms with van der Waals surface area (Å²) in [6.07, 6.45) is 2.59. The first kappa shape index (κ1) is 11.7. The van der Waals surface area contributed by atoms with Crippen LogP contribution in [0.1, 0.15) is 26.7 Å². The van der Waals surface area contributed by atoms with E-state index in [1.807, 2.05) is 0 Å². The maximum Gasteiger partial charge on any atom is 0.193 e. The second-order valence-corrected chi connectivity index (χ2v) is 5.17. The summed E-state index contributed by atoms with van der Waals surface area (Å²) in [5.74, 6) is 1.09. The maximum absolute atomic E-state index is 5.25. The number of nitrogens with zero attached hydrogens (tertiary/aromatic N) is 2. The maximum atomic E-state index is 5.25. The first-order valence-corrected chi connectivity index (χ1v) is 6.34. The lowest BCUT2D eigenvalue weighted by Crippen LogP contribution is -2.45. The van der Waals surface area contributed by atoms with E-state index < -0.39 is 0 Å². The third-order valence-corrected chi connectivity index (χ3v) is 3.25. The van der Waals surface area contributed by atoms with Crippen LogP contribution >= 0.6 is 0 Å². The van der Waals surface area contributed by atoms with Crippen LogP contribution in [0.25, 0.3) is 0 Å². The Hall–Kier alpha value is -0.770. The van der Waals surface area contributed by atoms with Gasteiger partial charge in [-0.25, -0.2) is 0 Å². The number of rotatable bonds is 3. The molecule has 0 aromatic heterocycles. The van der Waals surface area contributed by atoms with Crippen LogP contribution in [-0.4, -0.2) is 50.3 Å². The third kappa shape index (κ3) is 2.67. The Labute approximate surface area is 98.1 Å². The highest BCUT2D eigenvalue weighted by Crippen LogP contribution is 2.26. The molecule has 4 heteroatoms. The molecule has 16 heavy (non-hydrogen) atoms. The molecule has 1 N–H and O–H groups in total. The molecule has 0 amide bonds. The Morgan fingerprint density at radius 1 is 1.38 bits per heavy atom. The summed E-state index contributed by atoms with van der Waals surface area (Å²) in [5.41, 5.74) is 0.278. The first-order valence-electron chi connectivity index (χ1n) is 6.34. The SMILES string of the molecule is CCNC(=NCC1(C)COC1)N1CCCC1. The molecule has 2 saturated heterocycles. The van der Waals surface area contributed by atoms with Gasteiger partial charge in [-0.05, 0) is 19.8 Å². The van der Waals surface area contributed by atoms with Gasteiger partial charge in [-0.3, -0.25) is 4.99 Å². The molecule has 92 valence electrons. The van der Waals surface area contributed by atoms with E-state index in [-0.39, 0.29) is 5.41 Å². The molecule has 2 fully saturated rings. The molecule has 2 rings (SSSR count). The zero-order valence-electron chi connectivity index (χ0n) is 10.5. The molecule has 0 aromatic carbocycles. The van der Waals surface area contributed by atoms with Gasteiger partial charge in [0.05, 0.1) is 19.8 Å². The molecule has 0 radical (unpaired) electrons. The Morgan fingerprint density at radius 3 is 2.56 bits per heavy atom. The predicted octanol–water partition coefficient (Wildman–Crippen LogP) is 1.08. The zero-order valence-corrected chi connectivity index (χ0v) is 10.5. The molecule has 2 aliphatic rings. The summed E-state index contributed by atoms with van der Waals surface area (Å²) < 4.78 is 5.25. The van der Waals surface area contributed by atoms with E-state index in [9.17, 15) is 0 Å². The largest absolute Gasteiger partial charge is 0.380 e. The molecule has 0 aliphatic carbocycles. The van der Waals surface area contributed by atoms with Crippen LogP contribution in [0.2, 0.25) is 0 Å². The number of aliphatic imine (C=N–C) groups is 1. The van der Waals surface area contributed by atoms with Crippen molar-refractivity contribution in [2.75, 3.05) is 39.4 Å².